The number of thioether (sulfide) groups is 1. The van der Waals surface area contributed by atoms with E-state index in [1.54, 1.807) is 18.2 Å². The molecular formula is C12H10N2O4S. The van der Waals surface area contributed by atoms with Crippen molar-refractivity contribution in [3.63, 3.8) is 0 Å². The van der Waals surface area contributed by atoms with Gasteiger partial charge in [-0.15, -0.1) is 11.8 Å². The van der Waals surface area contributed by atoms with Crippen LogP contribution in [0.4, 0.5) is 5.82 Å². The Morgan fingerprint density at radius 3 is 2.79 bits per heavy atom. The standard InChI is InChI=1S/C12H10N2O4S/c15-11(13-10-5-6-18-14-10)7-19-9-4-2-1-3-8(9)12(16)17/h1-6H,7H2,(H,16,17)(H,13,14,15). The van der Waals surface area contributed by atoms with Crippen molar-refractivity contribution in [3.05, 3.63) is 42.2 Å². The Morgan fingerprint density at radius 1 is 1.32 bits per heavy atom. The van der Waals surface area contributed by atoms with E-state index in [1.165, 1.54) is 18.4 Å². The molecule has 1 aromatic carbocycles. The van der Waals surface area contributed by atoms with Crippen LogP contribution in [0.15, 0.2) is 46.0 Å². The maximum Gasteiger partial charge on any atom is 0.336 e. The van der Waals surface area contributed by atoms with Crippen LogP contribution < -0.4 is 5.32 Å². The molecule has 0 spiro atoms. The van der Waals surface area contributed by atoms with Gasteiger partial charge in [-0.05, 0) is 12.1 Å². The Morgan fingerprint density at radius 2 is 2.11 bits per heavy atom. The monoisotopic (exact) mass is 278 g/mol. The number of nitrogens with zero attached hydrogens (tertiary/aromatic N) is 1. The summed E-state index contributed by atoms with van der Waals surface area (Å²) < 4.78 is 4.58. The van der Waals surface area contributed by atoms with Crippen LogP contribution in [-0.2, 0) is 4.79 Å². The minimum atomic E-state index is -1.01. The highest BCUT2D eigenvalue weighted by Gasteiger charge is 2.11. The van der Waals surface area contributed by atoms with Crippen molar-refractivity contribution in [3.8, 4) is 0 Å². The van der Waals surface area contributed by atoms with Gasteiger partial charge in [-0.1, -0.05) is 17.3 Å². The molecular weight excluding hydrogens is 268 g/mol. The molecule has 0 aliphatic heterocycles. The number of nitrogens with one attached hydrogen (secondary N) is 1. The summed E-state index contributed by atoms with van der Waals surface area (Å²) in [6.45, 7) is 0. The fraction of sp³-hybridized carbons (Fsp3) is 0.0833. The Labute approximate surface area is 112 Å². The second-order valence-electron chi connectivity index (χ2n) is 3.52. The van der Waals surface area contributed by atoms with Gasteiger partial charge in [0.2, 0.25) is 5.91 Å². The molecule has 2 aromatic rings. The summed E-state index contributed by atoms with van der Waals surface area (Å²) in [5.41, 5.74) is 0.182. The molecule has 0 unspecified atom stereocenters. The lowest BCUT2D eigenvalue weighted by atomic mass is 10.2. The molecule has 0 saturated carbocycles. The first-order valence-electron chi connectivity index (χ1n) is 5.32. The number of hydrogen-bond acceptors (Lipinski definition) is 5. The van der Waals surface area contributed by atoms with Crippen molar-refractivity contribution < 1.29 is 19.2 Å². The molecule has 0 aliphatic carbocycles. The highest BCUT2D eigenvalue weighted by Crippen LogP contribution is 2.22. The largest absolute Gasteiger partial charge is 0.478 e. The zero-order chi connectivity index (χ0) is 13.7. The van der Waals surface area contributed by atoms with E-state index < -0.39 is 5.97 Å². The highest BCUT2D eigenvalue weighted by molar-refractivity contribution is 8.00. The number of carboxylic acid groups (broad SMARTS) is 1. The molecule has 2 rings (SSSR count). The number of aromatic nitrogens is 1. The van der Waals surface area contributed by atoms with Crippen molar-refractivity contribution in [1.82, 2.24) is 5.16 Å². The number of carbonyl (C=O) groups is 2. The maximum absolute atomic E-state index is 11.6. The molecule has 0 bridgehead atoms. The number of amides is 1. The first-order chi connectivity index (χ1) is 9.16. The number of rotatable bonds is 5. The molecule has 6 nitrogen and oxygen atoms in total. The van der Waals surface area contributed by atoms with Crippen LogP contribution in [0.3, 0.4) is 0 Å². The van der Waals surface area contributed by atoms with Crippen LogP contribution in [0.25, 0.3) is 0 Å². The summed E-state index contributed by atoms with van der Waals surface area (Å²) in [5, 5.41) is 15.1. The fourth-order valence-corrected chi connectivity index (χ4v) is 2.21. The summed E-state index contributed by atoms with van der Waals surface area (Å²) in [6.07, 6.45) is 1.35. The van der Waals surface area contributed by atoms with Gasteiger partial charge in [0.05, 0.1) is 11.3 Å². The van der Waals surface area contributed by atoms with E-state index in [9.17, 15) is 9.59 Å². The topological polar surface area (TPSA) is 92.4 Å². The molecule has 0 atom stereocenters. The summed E-state index contributed by atoms with van der Waals surface area (Å²) in [7, 11) is 0. The molecule has 1 heterocycles. The quantitative estimate of drug-likeness (QED) is 0.814. The lowest BCUT2D eigenvalue weighted by Gasteiger charge is -2.05. The first-order valence-corrected chi connectivity index (χ1v) is 6.31. The third kappa shape index (κ3) is 3.59. The van der Waals surface area contributed by atoms with E-state index >= 15 is 0 Å². The van der Waals surface area contributed by atoms with E-state index in [1.807, 2.05) is 0 Å². The molecule has 0 saturated heterocycles. The lowest BCUT2D eigenvalue weighted by Crippen LogP contribution is -2.14. The third-order valence-corrected chi connectivity index (χ3v) is 3.26. The van der Waals surface area contributed by atoms with Crippen molar-refractivity contribution in [1.29, 1.82) is 0 Å². The summed E-state index contributed by atoms with van der Waals surface area (Å²) in [5.74, 6) is -0.867. The number of carboxylic acids is 1. The average molecular weight is 278 g/mol. The van der Waals surface area contributed by atoms with Gasteiger partial charge in [-0.3, -0.25) is 4.79 Å². The number of carbonyl (C=O) groups excluding carboxylic acids is 1. The second kappa shape index (κ2) is 6.05. The molecule has 0 radical (unpaired) electrons. The normalized spacial score (nSPS) is 10.1. The van der Waals surface area contributed by atoms with E-state index in [2.05, 4.69) is 15.0 Å². The number of anilines is 1. The van der Waals surface area contributed by atoms with Crippen molar-refractivity contribution in [2.24, 2.45) is 0 Å². The third-order valence-electron chi connectivity index (χ3n) is 2.18. The van der Waals surface area contributed by atoms with Gasteiger partial charge in [0, 0.05) is 11.0 Å². The average Bonchev–Trinajstić information content (AvgIpc) is 2.89. The van der Waals surface area contributed by atoms with Gasteiger partial charge in [-0.2, -0.15) is 0 Å². The predicted molar refractivity (Wildman–Crippen MR) is 69.3 cm³/mol. The van der Waals surface area contributed by atoms with Crippen LogP contribution in [0.1, 0.15) is 10.4 Å². The molecule has 1 amide bonds. The second-order valence-corrected chi connectivity index (χ2v) is 4.54. The van der Waals surface area contributed by atoms with Gasteiger partial charge in [0.25, 0.3) is 0 Å². The van der Waals surface area contributed by atoms with Crippen LogP contribution in [0, 0.1) is 0 Å². The number of benzene rings is 1. The van der Waals surface area contributed by atoms with Crippen LogP contribution in [0.5, 0.6) is 0 Å². The van der Waals surface area contributed by atoms with Gasteiger partial charge >= 0.3 is 5.97 Å². The molecule has 0 fully saturated rings. The summed E-state index contributed by atoms with van der Waals surface area (Å²) in [4.78, 5) is 23.1. The van der Waals surface area contributed by atoms with Gasteiger partial charge in [0.1, 0.15) is 6.26 Å². The predicted octanol–water partition coefficient (Wildman–Crippen LogP) is 2.10. The van der Waals surface area contributed by atoms with Gasteiger partial charge in [0.15, 0.2) is 5.82 Å². The SMILES string of the molecule is O=C(CSc1ccccc1C(=O)O)Nc1ccon1. The zero-order valence-electron chi connectivity index (χ0n) is 9.70. The fourth-order valence-electron chi connectivity index (χ4n) is 1.37. The van der Waals surface area contributed by atoms with E-state index in [4.69, 9.17) is 5.11 Å². The van der Waals surface area contributed by atoms with Crippen LogP contribution in [-0.4, -0.2) is 27.9 Å². The minimum Gasteiger partial charge on any atom is -0.478 e. The minimum absolute atomic E-state index is 0.0944. The Kier molecular flexibility index (Phi) is 4.19. The van der Waals surface area contributed by atoms with Crippen LogP contribution in [0.2, 0.25) is 0 Å². The van der Waals surface area contributed by atoms with E-state index in [0.29, 0.717) is 10.7 Å². The summed E-state index contributed by atoms with van der Waals surface area (Å²) in [6, 6.07) is 8.05. The highest BCUT2D eigenvalue weighted by atomic mass is 32.2. The van der Waals surface area contributed by atoms with Gasteiger partial charge < -0.3 is 14.9 Å². The molecule has 2 N–H and O–H groups in total. The van der Waals surface area contributed by atoms with Crippen molar-refractivity contribution in [2.75, 3.05) is 11.1 Å². The van der Waals surface area contributed by atoms with E-state index in [-0.39, 0.29) is 17.2 Å². The van der Waals surface area contributed by atoms with E-state index in [0.717, 1.165) is 11.8 Å². The molecule has 7 heteroatoms. The van der Waals surface area contributed by atoms with Crippen molar-refractivity contribution in [2.45, 2.75) is 4.90 Å². The molecule has 1 aromatic heterocycles. The molecule has 98 valence electrons. The van der Waals surface area contributed by atoms with Crippen LogP contribution >= 0.6 is 11.8 Å². The summed E-state index contributed by atoms with van der Waals surface area (Å²) >= 11 is 1.15. The maximum atomic E-state index is 11.6. The smallest absolute Gasteiger partial charge is 0.336 e. The number of aromatic carboxylic acids is 1. The zero-order valence-corrected chi connectivity index (χ0v) is 10.5. The Balaban J connectivity index is 1.95. The molecule has 0 aliphatic rings. The first kappa shape index (κ1) is 13.2. The molecule has 19 heavy (non-hydrogen) atoms. The number of hydrogen-bond donors (Lipinski definition) is 2. The Hall–Kier alpha value is -2.28. The lowest BCUT2D eigenvalue weighted by molar-refractivity contribution is -0.113. The Bertz CT molecular complexity index is 583. The van der Waals surface area contributed by atoms with Gasteiger partial charge in [-0.25, -0.2) is 4.79 Å². The van der Waals surface area contributed by atoms with Crippen molar-refractivity contribution >= 4 is 29.5 Å².